The number of carbonyl (C=O) groups excluding carboxylic acids is 1. The SMILES string of the molecule is CC(C)(C)OC(=O)c1cc(C2CC2)c(OCC2CCN(C(=O)O)CC2)cc1F. The van der Waals surface area contributed by atoms with Crippen molar-refractivity contribution in [1.82, 2.24) is 4.90 Å². The lowest BCUT2D eigenvalue weighted by molar-refractivity contribution is 0.00643. The number of carboxylic acid groups (broad SMARTS) is 1. The Hall–Kier alpha value is -2.31. The van der Waals surface area contributed by atoms with Crippen LogP contribution in [0.15, 0.2) is 12.1 Å². The predicted octanol–water partition coefficient (Wildman–Crippen LogP) is 4.43. The van der Waals surface area contributed by atoms with Gasteiger partial charge in [0.1, 0.15) is 17.2 Å². The average Bonchev–Trinajstić information content (AvgIpc) is 3.43. The summed E-state index contributed by atoms with van der Waals surface area (Å²) in [6.07, 6.45) is 2.54. The minimum Gasteiger partial charge on any atom is -0.493 e. The molecule has 0 bridgehead atoms. The summed E-state index contributed by atoms with van der Waals surface area (Å²) in [5.41, 5.74) is 0.104. The first-order valence-electron chi connectivity index (χ1n) is 9.81. The molecule has 1 heterocycles. The summed E-state index contributed by atoms with van der Waals surface area (Å²) in [4.78, 5) is 24.7. The van der Waals surface area contributed by atoms with Gasteiger partial charge in [-0.3, -0.25) is 0 Å². The van der Waals surface area contributed by atoms with Gasteiger partial charge in [-0.15, -0.1) is 0 Å². The average molecular weight is 393 g/mol. The highest BCUT2D eigenvalue weighted by Crippen LogP contribution is 2.45. The maximum absolute atomic E-state index is 14.6. The fourth-order valence-electron chi connectivity index (χ4n) is 3.40. The maximum Gasteiger partial charge on any atom is 0.407 e. The van der Waals surface area contributed by atoms with Crippen molar-refractivity contribution in [2.24, 2.45) is 5.92 Å². The monoisotopic (exact) mass is 393 g/mol. The van der Waals surface area contributed by atoms with Crippen molar-refractivity contribution >= 4 is 12.1 Å². The molecule has 0 unspecified atom stereocenters. The van der Waals surface area contributed by atoms with Crippen LogP contribution in [0.5, 0.6) is 5.75 Å². The fourth-order valence-corrected chi connectivity index (χ4v) is 3.40. The fraction of sp³-hybridized carbons (Fsp3) is 0.619. The number of rotatable bonds is 5. The first-order chi connectivity index (χ1) is 13.1. The van der Waals surface area contributed by atoms with Gasteiger partial charge in [0.25, 0.3) is 0 Å². The molecule has 1 aromatic carbocycles. The third-order valence-corrected chi connectivity index (χ3v) is 5.10. The van der Waals surface area contributed by atoms with Crippen LogP contribution < -0.4 is 4.74 Å². The standard InChI is InChI=1S/C21H28FNO5/c1-21(2,3)28-19(24)16-10-15(14-4-5-14)18(11-17(16)22)27-12-13-6-8-23(9-7-13)20(25)26/h10-11,13-14H,4-9,12H2,1-3H3,(H,25,26). The van der Waals surface area contributed by atoms with Gasteiger partial charge in [0.05, 0.1) is 12.2 Å². The molecule has 3 rings (SSSR count). The molecule has 1 saturated carbocycles. The van der Waals surface area contributed by atoms with Crippen LogP contribution in [0.1, 0.15) is 68.3 Å². The van der Waals surface area contributed by atoms with E-state index in [0.29, 0.717) is 25.4 Å². The Morgan fingerprint density at radius 1 is 1.18 bits per heavy atom. The summed E-state index contributed by atoms with van der Waals surface area (Å²) in [7, 11) is 0. The summed E-state index contributed by atoms with van der Waals surface area (Å²) in [5.74, 6) is -0.316. The van der Waals surface area contributed by atoms with E-state index in [-0.39, 0.29) is 17.4 Å². The lowest BCUT2D eigenvalue weighted by Gasteiger charge is -2.30. The van der Waals surface area contributed by atoms with E-state index < -0.39 is 23.5 Å². The smallest absolute Gasteiger partial charge is 0.407 e. The van der Waals surface area contributed by atoms with Crippen LogP contribution in [0.2, 0.25) is 0 Å². The molecule has 6 nitrogen and oxygen atoms in total. The Morgan fingerprint density at radius 3 is 2.36 bits per heavy atom. The van der Waals surface area contributed by atoms with Crippen molar-refractivity contribution in [1.29, 1.82) is 0 Å². The molecule has 2 aliphatic rings. The number of carbonyl (C=O) groups is 2. The van der Waals surface area contributed by atoms with Crippen LogP contribution in [0.3, 0.4) is 0 Å². The minimum atomic E-state index is -0.893. The van der Waals surface area contributed by atoms with Crippen LogP contribution in [0.25, 0.3) is 0 Å². The van der Waals surface area contributed by atoms with Gasteiger partial charge in [0.2, 0.25) is 0 Å². The van der Waals surface area contributed by atoms with Gasteiger partial charge in [-0.1, -0.05) is 0 Å². The predicted molar refractivity (Wildman–Crippen MR) is 101 cm³/mol. The maximum atomic E-state index is 14.6. The molecule has 1 aliphatic heterocycles. The lowest BCUT2D eigenvalue weighted by Crippen LogP contribution is -2.38. The number of hydrogen-bond donors (Lipinski definition) is 1. The molecule has 1 aromatic rings. The quantitative estimate of drug-likeness (QED) is 0.749. The number of piperidine rings is 1. The molecular formula is C21H28FNO5. The number of amides is 1. The zero-order chi connectivity index (χ0) is 20.5. The summed E-state index contributed by atoms with van der Waals surface area (Å²) in [6.45, 7) is 6.64. The van der Waals surface area contributed by atoms with Crippen LogP contribution in [0, 0.1) is 11.7 Å². The van der Waals surface area contributed by atoms with Crippen molar-refractivity contribution in [3.63, 3.8) is 0 Å². The largest absolute Gasteiger partial charge is 0.493 e. The van der Waals surface area contributed by atoms with Gasteiger partial charge in [-0.05, 0) is 69.9 Å². The number of ether oxygens (including phenoxy) is 2. The van der Waals surface area contributed by atoms with Gasteiger partial charge in [-0.2, -0.15) is 0 Å². The zero-order valence-corrected chi connectivity index (χ0v) is 16.7. The second kappa shape index (κ2) is 7.97. The van der Waals surface area contributed by atoms with Crippen LogP contribution in [-0.2, 0) is 4.74 Å². The summed E-state index contributed by atoms with van der Waals surface area (Å²) in [6, 6.07) is 2.86. The third kappa shape index (κ3) is 5.14. The molecule has 0 atom stereocenters. The molecule has 7 heteroatoms. The lowest BCUT2D eigenvalue weighted by atomic mass is 9.98. The third-order valence-electron chi connectivity index (χ3n) is 5.10. The van der Waals surface area contributed by atoms with Gasteiger partial charge < -0.3 is 19.5 Å². The Balaban J connectivity index is 1.69. The van der Waals surface area contributed by atoms with E-state index in [0.717, 1.165) is 31.2 Å². The van der Waals surface area contributed by atoms with Crippen molar-refractivity contribution in [2.75, 3.05) is 19.7 Å². The first-order valence-corrected chi connectivity index (χ1v) is 9.81. The normalized spacial score (nSPS) is 18.1. The number of hydrogen-bond acceptors (Lipinski definition) is 4. The van der Waals surface area contributed by atoms with Crippen molar-refractivity contribution in [3.05, 3.63) is 29.1 Å². The summed E-state index contributed by atoms with van der Waals surface area (Å²) >= 11 is 0. The number of esters is 1. The van der Waals surface area contributed by atoms with E-state index in [1.54, 1.807) is 26.8 Å². The van der Waals surface area contributed by atoms with Crippen molar-refractivity contribution < 1.29 is 28.6 Å². The Bertz CT molecular complexity index is 746. The highest BCUT2D eigenvalue weighted by Gasteiger charge is 2.31. The molecule has 1 N–H and O–H groups in total. The zero-order valence-electron chi connectivity index (χ0n) is 16.7. The molecule has 154 valence electrons. The molecule has 0 spiro atoms. The molecule has 2 fully saturated rings. The van der Waals surface area contributed by atoms with Gasteiger partial charge in [0, 0.05) is 19.2 Å². The first kappa shape index (κ1) is 20.4. The Labute approximate surface area is 164 Å². The van der Waals surface area contributed by atoms with E-state index in [1.807, 2.05) is 0 Å². The molecule has 1 aliphatic carbocycles. The van der Waals surface area contributed by atoms with E-state index in [1.165, 1.54) is 11.0 Å². The van der Waals surface area contributed by atoms with Crippen molar-refractivity contribution in [2.45, 2.75) is 58.0 Å². The molecule has 1 amide bonds. The van der Waals surface area contributed by atoms with Crippen LogP contribution in [-0.4, -0.2) is 47.4 Å². The Morgan fingerprint density at radius 2 is 1.82 bits per heavy atom. The van der Waals surface area contributed by atoms with E-state index in [9.17, 15) is 14.0 Å². The highest BCUT2D eigenvalue weighted by molar-refractivity contribution is 5.90. The summed E-state index contributed by atoms with van der Waals surface area (Å²) in [5, 5.41) is 9.02. The highest BCUT2D eigenvalue weighted by atomic mass is 19.1. The number of halogens is 1. The molecule has 1 saturated heterocycles. The second-order valence-corrected chi connectivity index (χ2v) is 8.67. The molecule has 0 aromatic heterocycles. The molecular weight excluding hydrogens is 365 g/mol. The topological polar surface area (TPSA) is 76.1 Å². The molecule has 0 radical (unpaired) electrons. The number of benzene rings is 1. The summed E-state index contributed by atoms with van der Waals surface area (Å²) < 4.78 is 25.8. The Kier molecular flexibility index (Phi) is 5.82. The van der Waals surface area contributed by atoms with Crippen molar-refractivity contribution in [3.8, 4) is 5.75 Å². The van der Waals surface area contributed by atoms with Gasteiger partial charge in [-0.25, -0.2) is 14.0 Å². The minimum absolute atomic E-state index is 0.0565. The van der Waals surface area contributed by atoms with E-state index in [4.69, 9.17) is 14.6 Å². The van der Waals surface area contributed by atoms with Crippen LogP contribution >= 0.6 is 0 Å². The molecule has 28 heavy (non-hydrogen) atoms. The number of nitrogens with zero attached hydrogens (tertiary/aromatic N) is 1. The van der Waals surface area contributed by atoms with E-state index >= 15 is 0 Å². The number of likely N-dealkylation sites (tertiary alicyclic amines) is 1. The second-order valence-electron chi connectivity index (χ2n) is 8.67. The van der Waals surface area contributed by atoms with Gasteiger partial charge >= 0.3 is 12.1 Å². The van der Waals surface area contributed by atoms with Crippen LogP contribution in [0.4, 0.5) is 9.18 Å². The van der Waals surface area contributed by atoms with E-state index in [2.05, 4.69) is 0 Å². The van der Waals surface area contributed by atoms with Gasteiger partial charge in [0.15, 0.2) is 0 Å².